The molecule has 0 atom stereocenters. The summed E-state index contributed by atoms with van der Waals surface area (Å²) in [6.45, 7) is 0.314. The molecule has 1 heterocycles. The van der Waals surface area contributed by atoms with Crippen molar-refractivity contribution >= 4 is 11.6 Å². The maximum atomic E-state index is 14.2. The first kappa shape index (κ1) is 20.5. The molecule has 3 rings (SSSR count). The highest BCUT2D eigenvalue weighted by Crippen LogP contribution is 2.24. The van der Waals surface area contributed by atoms with Crippen LogP contribution in [-0.2, 0) is 6.54 Å². The molecule has 10 heteroatoms. The van der Waals surface area contributed by atoms with Gasteiger partial charge in [0.15, 0.2) is 0 Å². The molecule has 8 nitrogen and oxygen atoms in total. The first-order valence-electron chi connectivity index (χ1n) is 7.84. The van der Waals surface area contributed by atoms with Crippen molar-refractivity contribution in [3.05, 3.63) is 88.0 Å². The second-order valence-corrected chi connectivity index (χ2v) is 5.40. The van der Waals surface area contributed by atoms with Crippen molar-refractivity contribution in [1.29, 1.82) is 0 Å². The fourth-order valence-electron chi connectivity index (χ4n) is 2.35. The van der Waals surface area contributed by atoms with Gasteiger partial charge in [-0.1, -0.05) is 12.1 Å². The summed E-state index contributed by atoms with van der Waals surface area (Å²) >= 11 is 0. The van der Waals surface area contributed by atoms with Crippen LogP contribution in [0.2, 0.25) is 0 Å². The highest BCUT2D eigenvalue weighted by Gasteiger charge is 2.11. The summed E-state index contributed by atoms with van der Waals surface area (Å²) in [7, 11) is 1.59. The average Bonchev–Trinajstić information content (AvgIpc) is 3.14. The number of benzene rings is 2. The van der Waals surface area contributed by atoms with E-state index >= 15 is 0 Å². The highest BCUT2D eigenvalue weighted by atomic mass is 19.1. The monoisotopic (exact) mass is 390 g/mol. The van der Waals surface area contributed by atoms with Crippen molar-refractivity contribution in [2.75, 3.05) is 7.11 Å². The van der Waals surface area contributed by atoms with Crippen molar-refractivity contribution in [2.24, 2.45) is 0 Å². The van der Waals surface area contributed by atoms with Crippen molar-refractivity contribution in [3.63, 3.8) is 0 Å². The first-order chi connectivity index (χ1) is 13.4. The molecule has 0 spiro atoms. The van der Waals surface area contributed by atoms with E-state index in [4.69, 9.17) is 20.1 Å². The first-order valence-corrected chi connectivity index (χ1v) is 7.84. The molecule has 0 radical (unpaired) electrons. The van der Waals surface area contributed by atoms with Gasteiger partial charge in [0.05, 0.1) is 13.7 Å². The zero-order valence-electron chi connectivity index (χ0n) is 14.7. The van der Waals surface area contributed by atoms with Gasteiger partial charge in [-0.3, -0.25) is 0 Å². The summed E-state index contributed by atoms with van der Waals surface area (Å²) < 4.78 is 34.1. The third-order valence-corrected chi connectivity index (χ3v) is 3.53. The third kappa shape index (κ3) is 6.16. The van der Waals surface area contributed by atoms with Crippen LogP contribution in [0.25, 0.3) is 11.6 Å². The fraction of sp³-hybridized carbons (Fsp3) is 0.111. The Balaban J connectivity index is 0.000000640. The Morgan fingerprint density at radius 3 is 2.50 bits per heavy atom. The summed E-state index contributed by atoms with van der Waals surface area (Å²) in [5.74, 6) is -0.492. The van der Waals surface area contributed by atoms with E-state index in [0.29, 0.717) is 17.7 Å². The lowest BCUT2D eigenvalue weighted by Crippen LogP contribution is -2.03. The van der Waals surface area contributed by atoms with Gasteiger partial charge in [-0.05, 0) is 41.5 Å². The third-order valence-electron chi connectivity index (χ3n) is 3.53. The zero-order valence-corrected chi connectivity index (χ0v) is 14.7. The molecule has 0 aliphatic rings. The minimum atomic E-state index is -1.50. The normalized spacial score (nSPS) is 10.8. The van der Waals surface area contributed by atoms with Gasteiger partial charge in [0.2, 0.25) is 0 Å². The molecular weight excluding hydrogens is 374 g/mol. The molecule has 0 saturated heterocycles. The Labute approximate surface area is 158 Å². The minimum Gasteiger partial charge on any atom is -0.497 e. The van der Waals surface area contributed by atoms with Crippen molar-refractivity contribution < 1.29 is 23.8 Å². The quantitative estimate of drug-likeness (QED) is 0.407. The van der Waals surface area contributed by atoms with E-state index in [1.807, 2.05) is 30.3 Å². The van der Waals surface area contributed by atoms with Gasteiger partial charge in [0, 0.05) is 11.6 Å². The van der Waals surface area contributed by atoms with Crippen LogP contribution in [0.5, 0.6) is 5.75 Å². The smallest absolute Gasteiger partial charge is 0.291 e. The van der Waals surface area contributed by atoms with Gasteiger partial charge in [0.25, 0.3) is 5.09 Å². The van der Waals surface area contributed by atoms with Crippen LogP contribution >= 0.6 is 0 Å². The lowest BCUT2D eigenvalue weighted by molar-refractivity contribution is -0.742. The second kappa shape index (κ2) is 9.76. The molecule has 0 aliphatic carbocycles. The molecule has 1 N–H and O–H groups in total. The number of hydrogen-bond acceptors (Lipinski definition) is 5. The molecule has 0 bridgehead atoms. The second-order valence-electron chi connectivity index (χ2n) is 5.40. The largest absolute Gasteiger partial charge is 0.497 e. The molecule has 2 aromatic carbocycles. The van der Waals surface area contributed by atoms with Crippen LogP contribution in [-0.4, -0.2) is 32.2 Å². The number of aromatic nitrogens is 3. The molecule has 0 saturated carbocycles. The molecule has 3 aromatic rings. The van der Waals surface area contributed by atoms with E-state index in [0.717, 1.165) is 17.4 Å². The van der Waals surface area contributed by atoms with E-state index in [1.54, 1.807) is 18.1 Å². The molecule has 1 aromatic heterocycles. The number of halogens is 2. The summed E-state index contributed by atoms with van der Waals surface area (Å²) in [4.78, 5) is 12.3. The van der Waals surface area contributed by atoms with Crippen molar-refractivity contribution in [3.8, 4) is 5.75 Å². The SMILES string of the molecule is COc1ccc(/C=C(\Cn2cncn2)c2ccc(F)cc2F)cc1.O=[N+]([O-])O. The van der Waals surface area contributed by atoms with Crippen molar-refractivity contribution in [2.45, 2.75) is 6.54 Å². The Hall–Kier alpha value is -3.82. The predicted molar refractivity (Wildman–Crippen MR) is 96.0 cm³/mol. The number of nitrogens with zero attached hydrogens (tertiary/aromatic N) is 4. The number of allylic oxidation sites excluding steroid dienone is 1. The molecule has 0 aliphatic heterocycles. The molecule has 0 fully saturated rings. The van der Waals surface area contributed by atoms with E-state index in [1.165, 1.54) is 18.5 Å². The van der Waals surface area contributed by atoms with Crippen LogP contribution in [0.4, 0.5) is 8.78 Å². The van der Waals surface area contributed by atoms with Crippen LogP contribution in [0.1, 0.15) is 11.1 Å². The van der Waals surface area contributed by atoms with E-state index in [9.17, 15) is 8.78 Å². The van der Waals surface area contributed by atoms with Gasteiger partial charge in [-0.15, -0.1) is 10.1 Å². The van der Waals surface area contributed by atoms with Gasteiger partial charge in [-0.2, -0.15) is 5.10 Å². The Morgan fingerprint density at radius 1 is 1.29 bits per heavy atom. The zero-order chi connectivity index (χ0) is 20.5. The Bertz CT molecular complexity index is 941. The molecule has 146 valence electrons. The average molecular weight is 390 g/mol. The van der Waals surface area contributed by atoms with Crippen LogP contribution in [0.3, 0.4) is 0 Å². The molecule has 28 heavy (non-hydrogen) atoms. The maximum Gasteiger partial charge on any atom is 0.291 e. The lowest BCUT2D eigenvalue weighted by atomic mass is 10.0. The van der Waals surface area contributed by atoms with E-state index in [-0.39, 0.29) is 0 Å². The number of hydrogen-bond donors (Lipinski definition) is 1. The number of ether oxygens (including phenoxy) is 1. The summed E-state index contributed by atoms with van der Waals surface area (Å²) in [6, 6.07) is 10.9. The maximum absolute atomic E-state index is 14.2. The van der Waals surface area contributed by atoms with Gasteiger partial charge in [-0.25, -0.2) is 18.4 Å². The van der Waals surface area contributed by atoms with Crippen LogP contribution < -0.4 is 4.74 Å². The van der Waals surface area contributed by atoms with Crippen molar-refractivity contribution in [1.82, 2.24) is 14.8 Å². The Kier molecular flexibility index (Phi) is 7.14. The minimum absolute atomic E-state index is 0.314. The predicted octanol–water partition coefficient (Wildman–Crippen LogP) is 3.46. The molecule has 0 unspecified atom stereocenters. The van der Waals surface area contributed by atoms with Gasteiger partial charge in [0.1, 0.15) is 30.0 Å². The lowest BCUT2D eigenvalue weighted by Gasteiger charge is -2.10. The van der Waals surface area contributed by atoms with E-state index < -0.39 is 16.7 Å². The Morgan fingerprint density at radius 2 is 1.96 bits per heavy atom. The number of methoxy groups -OCH3 is 1. The highest BCUT2D eigenvalue weighted by molar-refractivity contribution is 5.81. The van der Waals surface area contributed by atoms with E-state index in [2.05, 4.69) is 10.1 Å². The van der Waals surface area contributed by atoms with Gasteiger partial charge >= 0.3 is 0 Å². The van der Waals surface area contributed by atoms with Gasteiger partial charge < -0.3 is 9.94 Å². The summed E-state index contributed by atoms with van der Waals surface area (Å²) in [5, 5.41) is 17.7. The standard InChI is InChI=1S/C18H15F2N3O.HNO3/c1-24-16-5-2-13(3-6-16)8-14(10-23-12-21-11-22-23)17-7-4-15(19)9-18(17)20;2-1(3)4/h2-9,11-12H,10H2,1H3;(H,2,3,4)/b14-8+;. The van der Waals surface area contributed by atoms with Crippen LogP contribution in [0, 0.1) is 21.7 Å². The van der Waals surface area contributed by atoms with Crippen LogP contribution in [0.15, 0.2) is 55.1 Å². The molecule has 0 amide bonds. The summed E-state index contributed by atoms with van der Waals surface area (Å²) in [6.07, 6.45) is 4.78. The summed E-state index contributed by atoms with van der Waals surface area (Å²) in [5.41, 5.74) is 1.85. The number of rotatable bonds is 5. The topological polar surface area (TPSA) is 103 Å². The fourth-order valence-corrected chi connectivity index (χ4v) is 2.35. The molecular formula is C18H16F2N4O4.